The molecule has 2 aliphatic carbocycles. The van der Waals surface area contributed by atoms with Gasteiger partial charge in [-0.1, -0.05) is 0 Å². The Hall–Kier alpha value is -1.27. The summed E-state index contributed by atoms with van der Waals surface area (Å²) in [6, 6.07) is 14.1. The topological polar surface area (TPSA) is 0 Å². The summed E-state index contributed by atoms with van der Waals surface area (Å²) in [6.07, 6.45) is 12.3. The van der Waals surface area contributed by atoms with Gasteiger partial charge in [0, 0.05) is 0 Å². The van der Waals surface area contributed by atoms with Gasteiger partial charge in [-0.2, -0.15) is 0 Å². The van der Waals surface area contributed by atoms with Crippen molar-refractivity contribution in [3.05, 3.63) is 98.4 Å². The third-order valence-electron chi connectivity index (χ3n) is 7.09. The number of fused-ring (bicyclic) bond motifs is 3. The Morgan fingerprint density at radius 2 is 1.26 bits per heavy atom. The van der Waals surface area contributed by atoms with Crippen molar-refractivity contribution in [2.75, 3.05) is 0 Å². The van der Waals surface area contributed by atoms with E-state index in [2.05, 4.69) is 107 Å². The molecule has 0 fully saturated rings. The molecule has 0 saturated carbocycles. The maximum absolute atomic E-state index is 6.78. The van der Waals surface area contributed by atoms with Crippen LogP contribution in [-0.4, -0.2) is 3.21 Å². The molecule has 0 nitrogen and oxygen atoms in total. The summed E-state index contributed by atoms with van der Waals surface area (Å²) >= 11 is -3.36. The molecule has 183 valence electrons. The van der Waals surface area contributed by atoms with E-state index in [1.54, 1.807) is 0 Å². The number of allylic oxidation sites excluding steroid dienone is 6. The summed E-state index contributed by atoms with van der Waals surface area (Å²) in [6.45, 7) is 16.0. The number of hydrogen-bond donors (Lipinski definition) is 0. The zero-order chi connectivity index (χ0) is 25.6. The monoisotopic (exact) mass is 581 g/mol. The molecule has 0 saturated heterocycles. The molecule has 0 atom stereocenters. The third kappa shape index (κ3) is 5.69. The van der Waals surface area contributed by atoms with Gasteiger partial charge < -0.3 is 0 Å². The van der Waals surface area contributed by atoms with Gasteiger partial charge >= 0.3 is 225 Å². The summed E-state index contributed by atoms with van der Waals surface area (Å²) < 4.78 is 3.24. The van der Waals surface area contributed by atoms with Crippen molar-refractivity contribution < 1.29 is 17.4 Å². The van der Waals surface area contributed by atoms with Gasteiger partial charge in [0.25, 0.3) is 0 Å². The summed E-state index contributed by atoms with van der Waals surface area (Å²) in [4.78, 5) is 0. The van der Waals surface area contributed by atoms with Gasteiger partial charge in [0.1, 0.15) is 0 Å². The fourth-order valence-corrected chi connectivity index (χ4v) is 10.6. The molecule has 0 aliphatic heterocycles. The van der Waals surface area contributed by atoms with Crippen LogP contribution in [0.5, 0.6) is 0 Å². The minimum absolute atomic E-state index is 0.111. The van der Waals surface area contributed by atoms with E-state index in [0.29, 0.717) is 0 Å². The van der Waals surface area contributed by atoms with Gasteiger partial charge in [0.05, 0.1) is 0 Å². The molecule has 2 aromatic carbocycles. The first kappa shape index (κ1) is 26.8. The van der Waals surface area contributed by atoms with Gasteiger partial charge in [-0.25, -0.2) is 0 Å². The normalized spacial score (nSPS) is 15.3. The van der Waals surface area contributed by atoms with E-state index < -0.39 is 17.4 Å². The molecule has 35 heavy (non-hydrogen) atoms. The quantitative estimate of drug-likeness (QED) is 0.287. The minimum atomic E-state index is -3.36. The summed E-state index contributed by atoms with van der Waals surface area (Å²) in [5, 5.41) is 0. The molecule has 0 amide bonds. The average molecular weight is 584 g/mol. The Balaban J connectivity index is 1.75. The fourth-order valence-electron chi connectivity index (χ4n) is 4.86. The van der Waals surface area contributed by atoms with Crippen LogP contribution < -0.4 is 0 Å². The van der Waals surface area contributed by atoms with Crippen molar-refractivity contribution in [3.8, 4) is 11.1 Å². The van der Waals surface area contributed by atoms with E-state index in [0.717, 1.165) is 16.0 Å². The van der Waals surface area contributed by atoms with Gasteiger partial charge in [0.2, 0.25) is 0 Å². The van der Waals surface area contributed by atoms with E-state index >= 15 is 0 Å². The average Bonchev–Trinajstić information content (AvgIpc) is 3.41. The Morgan fingerprint density at radius 3 is 1.71 bits per heavy atom. The second-order valence-electron chi connectivity index (χ2n) is 11.9. The van der Waals surface area contributed by atoms with Crippen molar-refractivity contribution in [3.63, 3.8) is 0 Å². The molecular weight excluding hydrogens is 546 g/mol. The first-order valence-corrected chi connectivity index (χ1v) is 21.5. The molecule has 2 aromatic rings. The third-order valence-corrected chi connectivity index (χ3v) is 15.5. The van der Waals surface area contributed by atoms with Crippen molar-refractivity contribution in [1.29, 1.82) is 0 Å². The van der Waals surface area contributed by atoms with E-state index in [1.165, 1.54) is 44.5 Å². The van der Waals surface area contributed by atoms with Crippen molar-refractivity contribution >= 4 is 25.8 Å². The van der Waals surface area contributed by atoms with Crippen LogP contribution in [-0.2, 0) is 28.2 Å². The maximum atomic E-state index is 6.78. The van der Waals surface area contributed by atoms with Crippen LogP contribution in [0.25, 0.3) is 16.7 Å². The molecule has 0 heterocycles. The Bertz CT molecular complexity index is 1250. The van der Waals surface area contributed by atoms with Gasteiger partial charge in [-0.3, -0.25) is 0 Å². The molecule has 2 aliphatic rings. The molecule has 3 heteroatoms. The van der Waals surface area contributed by atoms with Crippen LogP contribution >= 0.6 is 17.0 Å². The van der Waals surface area contributed by atoms with Gasteiger partial charge in [-0.15, -0.1) is 0 Å². The van der Waals surface area contributed by atoms with Crippen molar-refractivity contribution in [2.24, 2.45) is 0 Å². The first-order chi connectivity index (χ1) is 16.3. The zero-order valence-electron chi connectivity index (χ0n) is 22.1. The van der Waals surface area contributed by atoms with Crippen molar-refractivity contribution in [2.45, 2.75) is 72.1 Å². The van der Waals surface area contributed by atoms with Gasteiger partial charge in [0.15, 0.2) is 0 Å². The molecule has 0 radical (unpaired) electrons. The zero-order valence-corrected chi connectivity index (χ0v) is 26.1. The van der Waals surface area contributed by atoms with E-state index in [9.17, 15) is 0 Å². The standard InChI is InChI=1S/C27H33.C5H4.2ClH.Zr/c1-9-10-11-18(2)25-23-16-19(26(3,4)5)12-14-21(23)22-15-13-20(17-24(22)25)27(6,7)8;1-2-4-5-3-1;;;/h1,9,12-17H,10-11H2,2-8H3;1-4H;2*1H;/q;;;;+2/p-2. The van der Waals surface area contributed by atoms with Crippen LogP contribution in [0, 0.1) is 0 Å². The van der Waals surface area contributed by atoms with Crippen LogP contribution in [0.1, 0.15) is 83.6 Å². The van der Waals surface area contributed by atoms with E-state index in [1.807, 2.05) is 12.2 Å². The number of rotatable bonds is 4. The van der Waals surface area contributed by atoms with Crippen LogP contribution in [0.3, 0.4) is 0 Å². The Kier molecular flexibility index (Phi) is 7.57. The molecule has 0 aromatic heterocycles. The Labute approximate surface area is 223 Å². The second-order valence-corrected chi connectivity index (χ2v) is 25.4. The van der Waals surface area contributed by atoms with E-state index in [4.69, 9.17) is 17.0 Å². The number of halogens is 2. The SMILES string of the molecule is CC(CCC=[CH][Zr]([Cl])([Cl])=[C]1C=CC=C1)=C1c2cc(C(C)(C)C)ccc2-c2ccc(C(C)(C)C)cc21. The van der Waals surface area contributed by atoms with Crippen molar-refractivity contribution in [1.82, 2.24) is 0 Å². The predicted molar refractivity (Wildman–Crippen MR) is 154 cm³/mol. The number of hydrogen-bond acceptors (Lipinski definition) is 0. The Morgan fingerprint density at radius 1 is 0.771 bits per heavy atom. The second kappa shape index (κ2) is 9.89. The van der Waals surface area contributed by atoms with E-state index in [-0.39, 0.29) is 10.8 Å². The predicted octanol–water partition coefficient (Wildman–Crippen LogP) is 10.1. The molecule has 0 bridgehead atoms. The van der Waals surface area contributed by atoms with Gasteiger partial charge in [-0.05, 0) is 0 Å². The molecule has 4 rings (SSSR count). The first-order valence-electron chi connectivity index (χ1n) is 12.6. The molecule has 0 N–H and O–H groups in total. The molecular formula is C32H37Cl2Zr. The van der Waals surface area contributed by atoms with Crippen LogP contribution in [0.15, 0.2) is 76.1 Å². The van der Waals surface area contributed by atoms with Crippen LogP contribution in [0.2, 0.25) is 0 Å². The summed E-state index contributed by atoms with van der Waals surface area (Å²) in [5.41, 5.74) is 11.3. The summed E-state index contributed by atoms with van der Waals surface area (Å²) in [7, 11) is 13.6. The molecule has 0 spiro atoms. The molecule has 0 unspecified atom stereocenters. The van der Waals surface area contributed by atoms with Crippen LogP contribution in [0.4, 0.5) is 0 Å². The summed E-state index contributed by atoms with van der Waals surface area (Å²) in [5.74, 6) is 0. The number of benzene rings is 2. The fraction of sp³-hybridized carbons (Fsp3) is 0.344.